The number of hydrogen-bond acceptors (Lipinski definition) is 2. The number of carbonyl (C=O) groups excluding carboxylic acids is 1. The molecule has 98 valence electrons. The monoisotopic (exact) mass is 309 g/mol. The van der Waals surface area contributed by atoms with Crippen LogP contribution in [0.15, 0.2) is 28.7 Å². The number of hydrogen-bond donors (Lipinski definition) is 0. The molecule has 0 atom stereocenters. The number of Topliss-reactive ketones (excluding diaryl/α,β-unsaturated/α-hetero) is 1. The van der Waals surface area contributed by atoms with Crippen molar-refractivity contribution in [3.63, 3.8) is 0 Å². The summed E-state index contributed by atoms with van der Waals surface area (Å²) in [6.45, 7) is 3.23. The predicted octanol–water partition coefficient (Wildman–Crippen LogP) is 3.90. The molecule has 0 spiro atoms. The van der Waals surface area contributed by atoms with E-state index in [0.29, 0.717) is 6.42 Å². The fraction of sp³-hybridized carbons (Fsp3) is 0.533. The summed E-state index contributed by atoms with van der Waals surface area (Å²) in [5.41, 5.74) is 0.819. The number of carbonyl (C=O) groups is 1. The van der Waals surface area contributed by atoms with E-state index in [9.17, 15) is 4.79 Å². The highest BCUT2D eigenvalue weighted by Gasteiger charge is 2.12. The lowest BCUT2D eigenvalue weighted by molar-refractivity contribution is 0.0965. The second-order valence-corrected chi connectivity index (χ2v) is 5.86. The van der Waals surface area contributed by atoms with Crippen LogP contribution in [0, 0.1) is 0 Å². The number of halogens is 1. The van der Waals surface area contributed by atoms with Crippen LogP contribution < -0.4 is 0 Å². The topological polar surface area (TPSA) is 20.3 Å². The van der Waals surface area contributed by atoms with Crippen molar-refractivity contribution in [1.29, 1.82) is 0 Å². The average molecular weight is 310 g/mol. The fourth-order valence-electron chi connectivity index (χ4n) is 2.43. The minimum atomic E-state index is 0.251. The van der Waals surface area contributed by atoms with Crippen LogP contribution in [0.25, 0.3) is 0 Å². The van der Waals surface area contributed by atoms with Gasteiger partial charge in [0, 0.05) is 23.0 Å². The largest absolute Gasteiger partial charge is 0.303 e. The number of rotatable bonds is 4. The third-order valence-corrected chi connectivity index (χ3v) is 3.99. The molecule has 1 saturated heterocycles. The van der Waals surface area contributed by atoms with Crippen LogP contribution >= 0.6 is 15.9 Å². The summed E-state index contributed by atoms with van der Waals surface area (Å²) in [6, 6.07) is 7.68. The molecule has 2 nitrogen and oxygen atoms in total. The third-order valence-electron chi connectivity index (χ3n) is 3.50. The van der Waals surface area contributed by atoms with E-state index < -0.39 is 0 Å². The molecule has 1 aromatic rings. The Morgan fingerprint density at radius 1 is 1.17 bits per heavy atom. The molecule has 0 saturated carbocycles. The van der Waals surface area contributed by atoms with E-state index in [1.807, 2.05) is 24.3 Å². The van der Waals surface area contributed by atoms with Gasteiger partial charge in [0.2, 0.25) is 0 Å². The minimum absolute atomic E-state index is 0.251. The Balaban J connectivity index is 1.84. The molecular weight excluding hydrogens is 290 g/mol. The molecule has 1 aromatic carbocycles. The smallest absolute Gasteiger partial charge is 0.164 e. The maximum absolute atomic E-state index is 12.1. The molecular formula is C15H20BrNO. The van der Waals surface area contributed by atoms with Gasteiger partial charge in [-0.1, -0.05) is 40.9 Å². The summed E-state index contributed by atoms with van der Waals surface area (Å²) >= 11 is 3.41. The molecule has 1 aliphatic heterocycles. The Labute approximate surface area is 117 Å². The number of nitrogens with zero attached hydrogens (tertiary/aromatic N) is 1. The number of likely N-dealkylation sites (tertiary alicyclic amines) is 1. The van der Waals surface area contributed by atoms with Gasteiger partial charge in [-0.2, -0.15) is 0 Å². The van der Waals surface area contributed by atoms with E-state index in [1.54, 1.807) is 0 Å². The number of benzene rings is 1. The Bertz CT molecular complexity index is 397. The maximum atomic E-state index is 12.1. The molecule has 0 amide bonds. The lowest BCUT2D eigenvalue weighted by atomic mass is 10.1. The van der Waals surface area contributed by atoms with Crippen molar-refractivity contribution in [3.05, 3.63) is 34.3 Å². The molecule has 18 heavy (non-hydrogen) atoms. The summed E-state index contributed by atoms with van der Waals surface area (Å²) in [5, 5.41) is 0. The van der Waals surface area contributed by atoms with Gasteiger partial charge in [-0.05, 0) is 38.1 Å². The number of ketones is 1. The molecule has 1 aliphatic rings. The first-order valence-electron chi connectivity index (χ1n) is 6.77. The first-order valence-corrected chi connectivity index (χ1v) is 7.56. The molecule has 1 heterocycles. The summed E-state index contributed by atoms with van der Waals surface area (Å²) in [7, 11) is 0. The van der Waals surface area contributed by atoms with Gasteiger partial charge < -0.3 is 4.90 Å². The summed E-state index contributed by atoms with van der Waals surface area (Å²) in [6.07, 6.45) is 5.89. The summed E-state index contributed by atoms with van der Waals surface area (Å²) in [4.78, 5) is 14.5. The van der Waals surface area contributed by atoms with Gasteiger partial charge in [-0.3, -0.25) is 4.79 Å². The normalized spacial score (nSPS) is 17.4. The van der Waals surface area contributed by atoms with Gasteiger partial charge in [0.1, 0.15) is 0 Å². The molecule has 0 aromatic heterocycles. The molecule has 3 heteroatoms. The Morgan fingerprint density at radius 3 is 2.56 bits per heavy atom. The predicted molar refractivity (Wildman–Crippen MR) is 78.0 cm³/mol. The maximum Gasteiger partial charge on any atom is 0.164 e. The molecule has 0 radical (unpaired) electrons. The van der Waals surface area contributed by atoms with E-state index in [2.05, 4.69) is 20.8 Å². The minimum Gasteiger partial charge on any atom is -0.303 e. The highest BCUT2D eigenvalue weighted by atomic mass is 79.9. The van der Waals surface area contributed by atoms with Crippen LogP contribution in [0.1, 0.15) is 42.5 Å². The molecule has 0 aliphatic carbocycles. The van der Waals surface area contributed by atoms with Gasteiger partial charge in [0.05, 0.1) is 0 Å². The van der Waals surface area contributed by atoms with Crippen molar-refractivity contribution >= 4 is 21.7 Å². The average Bonchev–Trinajstić information content (AvgIpc) is 2.64. The van der Waals surface area contributed by atoms with Crippen LogP contribution in [0.3, 0.4) is 0 Å². The van der Waals surface area contributed by atoms with E-state index in [4.69, 9.17) is 0 Å². The molecule has 0 N–H and O–H groups in total. The first kappa shape index (κ1) is 13.8. The van der Waals surface area contributed by atoms with Crippen molar-refractivity contribution in [2.75, 3.05) is 19.6 Å². The van der Waals surface area contributed by atoms with Gasteiger partial charge in [-0.25, -0.2) is 0 Å². The van der Waals surface area contributed by atoms with Crippen molar-refractivity contribution in [3.8, 4) is 0 Å². The zero-order valence-corrected chi connectivity index (χ0v) is 12.3. The summed E-state index contributed by atoms with van der Waals surface area (Å²) < 4.78 is 0.975. The van der Waals surface area contributed by atoms with E-state index in [1.165, 1.54) is 25.7 Å². The van der Waals surface area contributed by atoms with Gasteiger partial charge >= 0.3 is 0 Å². The zero-order chi connectivity index (χ0) is 12.8. The molecule has 0 unspecified atom stereocenters. The van der Waals surface area contributed by atoms with Gasteiger partial charge in [0.15, 0.2) is 5.78 Å². The van der Waals surface area contributed by atoms with Crippen molar-refractivity contribution in [1.82, 2.24) is 4.90 Å². The molecule has 0 bridgehead atoms. The molecule has 1 fully saturated rings. The lowest BCUT2D eigenvalue weighted by Gasteiger charge is -2.18. The standard InChI is InChI=1S/C15H20BrNO/c16-14-7-5-6-13(12-14)15(18)8-11-17-9-3-1-2-4-10-17/h5-7,12H,1-4,8-11H2. The second kappa shape index (κ2) is 7.05. The van der Waals surface area contributed by atoms with Crippen LogP contribution in [0.5, 0.6) is 0 Å². The highest BCUT2D eigenvalue weighted by Crippen LogP contribution is 2.14. The lowest BCUT2D eigenvalue weighted by Crippen LogP contribution is -2.27. The van der Waals surface area contributed by atoms with Crippen LogP contribution in [0.2, 0.25) is 0 Å². The third kappa shape index (κ3) is 4.21. The zero-order valence-electron chi connectivity index (χ0n) is 10.7. The Kier molecular flexibility index (Phi) is 5.39. The van der Waals surface area contributed by atoms with Crippen LogP contribution in [-0.2, 0) is 0 Å². The van der Waals surface area contributed by atoms with E-state index in [-0.39, 0.29) is 5.78 Å². The molecule has 2 rings (SSSR count). The van der Waals surface area contributed by atoms with Gasteiger partial charge in [-0.15, -0.1) is 0 Å². The second-order valence-electron chi connectivity index (χ2n) is 4.94. The van der Waals surface area contributed by atoms with Crippen molar-refractivity contribution < 1.29 is 4.79 Å². The highest BCUT2D eigenvalue weighted by molar-refractivity contribution is 9.10. The van der Waals surface area contributed by atoms with Crippen molar-refractivity contribution in [2.45, 2.75) is 32.1 Å². The van der Waals surface area contributed by atoms with E-state index in [0.717, 1.165) is 29.7 Å². The van der Waals surface area contributed by atoms with Crippen molar-refractivity contribution in [2.24, 2.45) is 0 Å². The SMILES string of the molecule is O=C(CCN1CCCCCC1)c1cccc(Br)c1. The van der Waals surface area contributed by atoms with E-state index >= 15 is 0 Å². The quantitative estimate of drug-likeness (QED) is 0.786. The fourth-order valence-corrected chi connectivity index (χ4v) is 2.82. The van der Waals surface area contributed by atoms with Gasteiger partial charge in [0.25, 0.3) is 0 Å². The van der Waals surface area contributed by atoms with Crippen LogP contribution in [0.4, 0.5) is 0 Å². The Morgan fingerprint density at radius 2 is 1.89 bits per heavy atom. The summed E-state index contributed by atoms with van der Waals surface area (Å²) in [5.74, 6) is 0.251. The van der Waals surface area contributed by atoms with Crippen LogP contribution in [-0.4, -0.2) is 30.3 Å². The Hall–Kier alpha value is -0.670. The first-order chi connectivity index (χ1) is 8.75.